The normalized spacial score (nSPS) is 13.0. The summed E-state index contributed by atoms with van der Waals surface area (Å²) in [6.07, 6.45) is -0.716. The minimum Gasteiger partial charge on any atom is -0.542 e. The van der Waals surface area contributed by atoms with Gasteiger partial charge in [-0.2, -0.15) is 0 Å². The highest BCUT2D eigenvalue weighted by molar-refractivity contribution is 6.78. The van der Waals surface area contributed by atoms with E-state index >= 15 is 0 Å². The molecule has 0 aliphatic carbocycles. The monoisotopic (exact) mass is 532 g/mol. The van der Waals surface area contributed by atoms with Gasteiger partial charge in [0, 0.05) is 0 Å². The first-order chi connectivity index (χ1) is 17.9. The third-order valence-corrected chi connectivity index (χ3v) is 14.0. The van der Waals surface area contributed by atoms with Crippen molar-refractivity contribution in [3.05, 3.63) is 94.0 Å². The Morgan fingerprint density at radius 2 is 1.29 bits per heavy atom. The molecule has 3 aromatic carbocycles. The first kappa shape index (κ1) is 30.0. The molecule has 3 nitrogen and oxygen atoms in total. The van der Waals surface area contributed by atoms with Gasteiger partial charge in [0.15, 0.2) is 0 Å². The molecule has 0 saturated heterocycles. The average molecular weight is 533 g/mol. The predicted octanol–water partition coefficient (Wildman–Crippen LogP) is 9.64. The minimum absolute atomic E-state index is 0.284. The zero-order valence-corrected chi connectivity index (χ0v) is 26.1. The standard InChI is InChI=1S/C34H48O3Si/c1-22(2)31-20-29(16-17-32(31)37-38(23(3)4,24(5)6)25(7)8)34(35)33-26(9)18-30(19-27(33)10)36-21-28-14-12-11-13-15-28/h11-20,22-25,34-35H,21H2,1-10H3. The molecule has 0 heterocycles. The molecule has 0 radical (unpaired) electrons. The maximum Gasteiger partial charge on any atom is 0.258 e. The van der Waals surface area contributed by atoms with Crippen molar-refractivity contribution in [3.8, 4) is 11.5 Å². The lowest BCUT2D eigenvalue weighted by molar-refractivity contribution is 0.218. The Balaban J connectivity index is 1.92. The molecule has 3 rings (SSSR count). The number of hydrogen-bond donors (Lipinski definition) is 1. The summed E-state index contributed by atoms with van der Waals surface area (Å²) >= 11 is 0. The molecular formula is C34H48O3Si. The third-order valence-electron chi connectivity index (χ3n) is 8.05. The summed E-state index contributed by atoms with van der Waals surface area (Å²) in [4.78, 5) is 0. The predicted molar refractivity (Wildman–Crippen MR) is 163 cm³/mol. The summed E-state index contributed by atoms with van der Waals surface area (Å²) in [5.74, 6) is 2.09. The topological polar surface area (TPSA) is 38.7 Å². The van der Waals surface area contributed by atoms with Gasteiger partial charge < -0.3 is 14.3 Å². The van der Waals surface area contributed by atoms with Crippen LogP contribution in [0.15, 0.2) is 60.7 Å². The molecule has 0 aromatic heterocycles. The Kier molecular flexibility index (Phi) is 9.89. The van der Waals surface area contributed by atoms with Crippen LogP contribution in [0.25, 0.3) is 0 Å². The number of hydrogen-bond acceptors (Lipinski definition) is 3. The smallest absolute Gasteiger partial charge is 0.258 e. The summed E-state index contributed by atoms with van der Waals surface area (Å²) in [5, 5.41) is 11.6. The molecule has 0 saturated carbocycles. The van der Waals surface area contributed by atoms with Gasteiger partial charge >= 0.3 is 0 Å². The Hall–Kier alpha value is -2.56. The molecule has 0 aliphatic rings. The highest BCUT2D eigenvalue weighted by Crippen LogP contribution is 2.45. The van der Waals surface area contributed by atoms with Crippen LogP contribution in [0.2, 0.25) is 16.6 Å². The maximum absolute atomic E-state index is 11.6. The molecule has 3 aromatic rings. The number of aliphatic hydroxyl groups is 1. The fourth-order valence-corrected chi connectivity index (χ4v) is 11.5. The third kappa shape index (κ3) is 6.35. The van der Waals surface area contributed by atoms with Crippen molar-refractivity contribution in [2.24, 2.45) is 0 Å². The fourth-order valence-electron chi connectivity index (χ4n) is 6.18. The van der Waals surface area contributed by atoms with Crippen LogP contribution in [0.4, 0.5) is 0 Å². The van der Waals surface area contributed by atoms with Crippen molar-refractivity contribution in [1.29, 1.82) is 0 Å². The first-order valence-electron chi connectivity index (χ1n) is 14.2. The summed E-state index contributed by atoms with van der Waals surface area (Å²) in [6, 6.07) is 20.5. The van der Waals surface area contributed by atoms with Gasteiger partial charge in [-0.3, -0.25) is 0 Å². The van der Waals surface area contributed by atoms with Gasteiger partial charge in [-0.1, -0.05) is 91.8 Å². The lowest BCUT2D eigenvalue weighted by atomic mass is 9.90. The van der Waals surface area contributed by atoms with E-state index in [0.29, 0.717) is 23.2 Å². The summed E-state index contributed by atoms with van der Waals surface area (Å²) < 4.78 is 13.2. The molecular weight excluding hydrogens is 484 g/mol. The van der Waals surface area contributed by atoms with Gasteiger partial charge in [0.1, 0.15) is 24.2 Å². The van der Waals surface area contributed by atoms with Crippen molar-refractivity contribution in [2.45, 2.75) is 104 Å². The molecule has 206 valence electrons. The number of rotatable bonds is 11. The maximum atomic E-state index is 11.6. The van der Waals surface area contributed by atoms with E-state index in [2.05, 4.69) is 93.5 Å². The summed E-state index contributed by atoms with van der Waals surface area (Å²) in [5.41, 5.74) is 7.69. The van der Waals surface area contributed by atoms with E-state index in [1.807, 2.05) is 36.4 Å². The van der Waals surface area contributed by atoms with Gasteiger partial charge in [0.25, 0.3) is 8.32 Å². The van der Waals surface area contributed by atoms with Crippen LogP contribution in [-0.4, -0.2) is 13.4 Å². The van der Waals surface area contributed by atoms with Crippen LogP contribution in [0.5, 0.6) is 11.5 Å². The van der Waals surface area contributed by atoms with Crippen LogP contribution in [0.3, 0.4) is 0 Å². The van der Waals surface area contributed by atoms with Crippen molar-refractivity contribution >= 4 is 8.32 Å². The second kappa shape index (κ2) is 12.5. The average Bonchev–Trinajstić information content (AvgIpc) is 2.85. The van der Waals surface area contributed by atoms with Crippen LogP contribution in [0.1, 0.15) is 101 Å². The number of benzene rings is 3. The van der Waals surface area contributed by atoms with Crippen molar-refractivity contribution < 1.29 is 14.3 Å². The molecule has 0 amide bonds. The number of ether oxygens (including phenoxy) is 1. The van der Waals surface area contributed by atoms with Gasteiger partial charge in [-0.15, -0.1) is 0 Å². The Morgan fingerprint density at radius 1 is 0.737 bits per heavy atom. The van der Waals surface area contributed by atoms with Crippen LogP contribution < -0.4 is 9.16 Å². The Morgan fingerprint density at radius 3 is 1.79 bits per heavy atom. The Labute approximate surface area is 232 Å². The van der Waals surface area contributed by atoms with E-state index in [9.17, 15) is 5.11 Å². The SMILES string of the molecule is Cc1cc(OCc2ccccc2)cc(C)c1C(O)c1ccc(O[Si](C(C)C)(C(C)C)C(C)C)c(C(C)C)c1. The van der Waals surface area contributed by atoms with Gasteiger partial charge in [-0.25, -0.2) is 0 Å². The lowest BCUT2D eigenvalue weighted by Crippen LogP contribution is -2.50. The van der Waals surface area contributed by atoms with Crippen molar-refractivity contribution in [3.63, 3.8) is 0 Å². The molecule has 38 heavy (non-hydrogen) atoms. The quantitative estimate of drug-likeness (QED) is 0.250. The zero-order chi connectivity index (χ0) is 28.2. The lowest BCUT2D eigenvalue weighted by Gasteiger charge is -2.43. The molecule has 0 fully saturated rings. The molecule has 0 bridgehead atoms. The molecule has 1 unspecified atom stereocenters. The van der Waals surface area contributed by atoms with E-state index in [0.717, 1.165) is 39.3 Å². The Bertz CT molecular complexity index is 1150. The number of aliphatic hydroxyl groups excluding tert-OH is 1. The van der Waals surface area contributed by atoms with E-state index < -0.39 is 14.4 Å². The largest absolute Gasteiger partial charge is 0.542 e. The van der Waals surface area contributed by atoms with Crippen LogP contribution in [-0.2, 0) is 6.61 Å². The van der Waals surface area contributed by atoms with Crippen molar-refractivity contribution in [2.75, 3.05) is 0 Å². The second-order valence-corrected chi connectivity index (χ2v) is 17.4. The van der Waals surface area contributed by atoms with E-state index in [-0.39, 0.29) is 5.92 Å². The van der Waals surface area contributed by atoms with E-state index in [1.165, 1.54) is 5.56 Å². The zero-order valence-electron chi connectivity index (χ0n) is 25.1. The summed E-state index contributed by atoms with van der Waals surface area (Å²) in [7, 11) is -2.09. The first-order valence-corrected chi connectivity index (χ1v) is 16.3. The molecule has 1 atom stereocenters. The van der Waals surface area contributed by atoms with Crippen LogP contribution >= 0.6 is 0 Å². The second-order valence-electron chi connectivity index (χ2n) is 12.0. The van der Waals surface area contributed by atoms with Crippen LogP contribution in [0, 0.1) is 13.8 Å². The summed E-state index contributed by atoms with van der Waals surface area (Å²) in [6.45, 7) is 22.9. The molecule has 0 spiro atoms. The minimum atomic E-state index is -2.09. The van der Waals surface area contributed by atoms with E-state index in [1.54, 1.807) is 0 Å². The van der Waals surface area contributed by atoms with Gasteiger partial charge in [0.05, 0.1) is 0 Å². The fraction of sp³-hybridized carbons (Fsp3) is 0.471. The van der Waals surface area contributed by atoms with E-state index in [4.69, 9.17) is 9.16 Å². The molecule has 0 aliphatic heterocycles. The highest BCUT2D eigenvalue weighted by atomic mass is 28.4. The molecule has 1 N–H and O–H groups in total. The highest BCUT2D eigenvalue weighted by Gasteiger charge is 2.47. The number of aryl methyl sites for hydroxylation is 2. The van der Waals surface area contributed by atoms with Gasteiger partial charge in [-0.05, 0) is 94.0 Å². The van der Waals surface area contributed by atoms with Gasteiger partial charge in [0.2, 0.25) is 0 Å². The molecule has 4 heteroatoms. The van der Waals surface area contributed by atoms with Crippen molar-refractivity contribution in [1.82, 2.24) is 0 Å².